The molecule has 0 heterocycles. The minimum absolute atomic E-state index is 0.0935. The van der Waals surface area contributed by atoms with E-state index in [2.05, 4.69) is 31.4 Å². The van der Waals surface area contributed by atoms with Gasteiger partial charge in [0.2, 0.25) is 5.91 Å². The summed E-state index contributed by atoms with van der Waals surface area (Å²) in [4.78, 5) is 37.6. The molecular formula is C39H60N2O6. The Kier molecular flexibility index (Phi) is 11.9. The number of aliphatic hydroxyl groups excluding tert-OH is 1. The standard InChI is InChI=1S/C39H60N2O6/c1-26(31-16-17-32-30-15-14-28-24-29(42)19-21-38(28,2)33(30)20-22-39(31,32)3)13-18-35(43)41-34(36(44)46-4)12-8-9-23-40-37(45)47-25-27-10-6-5-7-11-27/h5-7,10-11,26,28-34,42H,8-9,12-25H2,1-4H3,(H,40,45)(H,41,43)/t26-,28?,29-,30?,31?,32?,33?,34+,38+,39-/m1/s1. The summed E-state index contributed by atoms with van der Waals surface area (Å²) < 4.78 is 10.2. The molecule has 8 nitrogen and oxygen atoms in total. The van der Waals surface area contributed by atoms with Crippen LogP contribution in [-0.2, 0) is 25.7 Å². The van der Waals surface area contributed by atoms with Gasteiger partial charge in [-0.05, 0) is 135 Å². The van der Waals surface area contributed by atoms with Gasteiger partial charge in [0.05, 0.1) is 13.2 Å². The molecule has 1 aromatic rings. The van der Waals surface area contributed by atoms with E-state index in [1.807, 2.05) is 30.3 Å². The monoisotopic (exact) mass is 652 g/mol. The van der Waals surface area contributed by atoms with Crippen LogP contribution in [0.5, 0.6) is 0 Å². The molecule has 47 heavy (non-hydrogen) atoms. The Bertz CT molecular complexity index is 1210. The number of hydrogen-bond acceptors (Lipinski definition) is 6. The predicted octanol–water partition coefficient (Wildman–Crippen LogP) is 7.18. The zero-order valence-electron chi connectivity index (χ0n) is 29.3. The number of aliphatic hydroxyl groups is 1. The van der Waals surface area contributed by atoms with Crippen LogP contribution in [-0.4, -0.2) is 48.9 Å². The normalized spacial score (nSPS) is 34.1. The molecule has 8 heteroatoms. The van der Waals surface area contributed by atoms with Gasteiger partial charge in [0.15, 0.2) is 0 Å². The molecule has 0 spiro atoms. The van der Waals surface area contributed by atoms with Crippen molar-refractivity contribution in [3.63, 3.8) is 0 Å². The van der Waals surface area contributed by atoms with Gasteiger partial charge in [-0.2, -0.15) is 0 Å². The number of methoxy groups -OCH3 is 1. The quantitative estimate of drug-likeness (QED) is 0.154. The van der Waals surface area contributed by atoms with Gasteiger partial charge in [0.1, 0.15) is 12.6 Å². The second kappa shape index (κ2) is 15.7. The number of ether oxygens (including phenoxy) is 2. The maximum absolute atomic E-state index is 13.1. The first-order valence-electron chi connectivity index (χ1n) is 18.5. The lowest BCUT2D eigenvalue weighted by molar-refractivity contribution is -0.145. The van der Waals surface area contributed by atoms with Crippen LogP contribution >= 0.6 is 0 Å². The fourth-order valence-electron chi connectivity index (χ4n) is 10.9. The Labute approximate surface area is 282 Å². The average Bonchev–Trinajstić information content (AvgIpc) is 3.43. The third kappa shape index (κ3) is 8.17. The summed E-state index contributed by atoms with van der Waals surface area (Å²) >= 11 is 0. The first kappa shape index (κ1) is 35.7. The number of amides is 2. The van der Waals surface area contributed by atoms with E-state index in [-0.39, 0.29) is 18.6 Å². The molecule has 2 amide bonds. The maximum atomic E-state index is 13.1. The number of carbonyl (C=O) groups is 3. The summed E-state index contributed by atoms with van der Waals surface area (Å²) in [5.41, 5.74) is 1.66. The first-order valence-corrected chi connectivity index (χ1v) is 18.5. The zero-order chi connectivity index (χ0) is 33.6. The van der Waals surface area contributed by atoms with Crippen molar-refractivity contribution in [3.8, 4) is 0 Å². The Morgan fingerprint density at radius 1 is 0.936 bits per heavy atom. The minimum atomic E-state index is -0.686. The van der Waals surface area contributed by atoms with Crippen LogP contribution in [0.15, 0.2) is 30.3 Å². The van der Waals surface area contributed by atoms with Crippen molar-refractivity contribution in [2.45, 2.75) is 129 Å². The van der Waals surface area contributed by atoms with Crippen molar-refractivity contribution < 1.29 is 29.0 Å². The summed E-state index contributed by atoms with van der Waals surface area (Å²) in [6.07, 6.45) is 13.4. The van der Waals surface area contributed by atoms with E-state index < -0.39 is 18.1 Å². The fourth-order valence-corrected chi connectivity index (χ4v) is 10.9. The van der Waals surface area contributed by atoms with Crippen molar-refractivity contribution in [1.29, 1.82) is 0 Å². The van der Waals surface area contributed by atoms with Gasteiger partial charge < -0.3 is 25.2 Å². The molecule has 262 valence electrons. The van der Waals surface area contributed by atoms with E-state index in [0.717, 1.165) is 42.6 Å². The third-order valence-electron chi connectivity index (χ3n) is 13.4. The lowest BCUT2D eigenvalue weighted by Gasteiger charge is -2.61. The van der Waals surface area contributed by atoms with E-state index in [1.54, 1.807) is 0 Å². The van der Waals surface area contributed by atoms with Crippen LogP contribution in [0.1, 0.15) is 116 Å². The summed E-state index contributed by atoms with van der Waals surface area (Å²) in [6.45, 7) is 8.11. The summed E-state index contributed by atoms with van der Waals surface area (Å²) in [5, 5.41) is 16.1. The number of benzene rings is 1. The van der Waals surface area contributed by atoms with Crippen LogP contribution in [0.3, 0.4) is 0 Å². The second-order valence-electron chi connectivity index (χ2n) is 16.0. The van der Waals surface area contributed by atoms with E-state index in [1.165, 1.54) is 52.1 Å². The molecule has 5 unspecified atom stereocenters. The van der Waals surface area contributed by atoms with Crippen molar-refractivity contribution in [3.05, 3.63) is 35.9 Å². The fraction of sp³-hybridized carbons (Fsp3) is 0.769. The van der Waals surface area contributed by atoms with Crippen molar-refractivity contribution in [2.75, 3.05) is 13.7 Å². The maximum Gasteiger partial charge on any atom is 0.407 e. The number of carbonyl (C=O) groups excluding carboxylic acids is 3. The van der Waals surface area contributed by atoms with Crippen LogP contribution in [0.2, 0.25) is 0 Å². The molecule has 4 fully saturated rings. The lowest BCUT2D eigenvalue weighted by Crippen LogP contribution is -2.54. The van der Waals surface area contributed by atoms with Crippen LogP contribution in [0.4, 0.5) is 4.79 Å². The highest BCUT2D eigenvalue weighted by atomic mass is 16.5. The van der Waals surface area contributed by atoms with Crippen molar-refractivity contribution in [1.82, 2.24) is 10.6 Å². The Balaban J connectivity index is 1.04. The molecular weight excluding hydrogens is 592 g/mol. The molecule has 0 bridgehead atoms. The molecule has 4 aliphatic rings. The van der Waals surface area contributed by atoms with Crippen molar-refractivity contribution >= 4 is 18.0 Å². The van der Waals surface area contributed by atoms with Gasteiger partial charge in [-0.25, -0.2) is 9.59 Å². The van der Waals surface area contributed by atoms with Gasteiger partial charge in [0, 0.05) is 13.0 Å². The summed E-state index contributed by atoms with van der Waals surface area (Å²) in [5.74, 6) is 3.62. The SMILES string of the molecule is COC(=O)[C@H](CCCCNC(=O)OCc1ccccc1)NC(=O)CC[C@@H](C)C1CCC2C3CCC4C[C@H](O)CC[C@]4(C)C3CC[C@@]21C. The number of rotatable bonds is 13. The number of esters is 1. The molecule has 3 N–H and O–H groups in total. The largest absolute Gasteiger partial charge is 0.467 e. The Morgan fingerprint density at radius 2 is 1.68 bits per heavy atom. The zero-order valence-corrected chi connectivity index (χ0v) is 29.3. The highest BCUT2D eigenvalue weighted by Crippen LogP contribution is 2.68. The topological polar surface area (TPSA) is 114 Å². The van der Waals surface area contributed by atoms with Crippen LogP contribution < -0.4 is 10.6 Å². The van der Waals surface area contributed by atoms with E-state index in [9.17, 15) is 19.5 Å². The molecule has 0 aromatic heterocycles. The average molecular weight is 653 g/mol. The summed E-state index contributed by atoms with van der Waals surface area (Å²) in [6, 6.07) is 8.84. The predicted molar refractivity (Wildman–Crippen MR) is 182 cm³/mol. The first-order chi connectivity index (χ1) is 22.5. The number of nitrogens with one attached hydrogen (secondary N) is 2. The van der Waals surface area contributed by atoms with Gasteiger partial charge in [-0.1, -0.05) is 51.1 Å². The molecule has 10 atom stereocenters. The smallest absolute Gasteiger partial charge is 0.407 e. The van der Waals surface area contributed by atoms with E-state index >= 15 is 0 Å². The highest BCUT2D eigenvalue weighted by molar-refractivity contribution is 5.84. The van der Waals surface area contributed by atoms with Crippen LogP contribution in [0.25, 0.3) is 0 Å². The van der Waals surface area contributed by atoms with Gasteiger partial charge in [0.25, 0.3) is 0 Å². The van der Waals surface area contributed by atoms with Crippen LogP contribution in [0, 0.1) is 46.3 Å². The highest BCUT2D eigenvalue weighted by Gasteiger charge is 2.60. The molecule has 4 saturated carbocycles. The number of fused-ring (bicyclic) bond motifs is 5. The van der Waals surface area contributed by atoms with Gasteiger partial charge in [-0.15, -0.1) is 0 Å². The molecule has 4 aliphatic carbocycles. The van der Waals surface area contributed by atoms with Gasteiger partial charge >= 0.3 is 12.1 Å². The molecule has 0 saturated heterocycles. The second-order valence-corrected chi connectivity index (χ2v) is 16.0. The van der Waals surface area contributed by atoms with E-state index in [0.29, 0.717) is 60.8 Å². The molecule has 5 rings (SSSR count). The lowest BCUT2D eigenvalue weighted by atomic mass is 9.44. The number of unbranched alkanes of at least 4 members (excludes halogenated alkanes) is 1. The number of alkyl carbamates (subject to hydrolysis) is 1. The summed E-state index contributed by atoms with van der Waals surface area (Å²) in [7, 11) is 1.35. The third-order valence-corrected chi connectivity index (χ3v) is 13.4. The Morgan fingerprint density at radius 3 is 2.45 bits per heavy atom. The molecule has 1 aromatic carbocycles. The molecule has 0 aliphatic heterocycles. The number of hydrogen-bond donors (Lipinski definition) is 3. The molecule has 0 radical (unpaired) electrons. The Hall–Kier alpha value is -2.61. The van der Waals surface area contributed by atoms with Crippen molar-refractivity contribution in [2.24, 2.45) is 46.3 Å². The van der Waals surface area contributed by atoms with E-state index in [4.69, 9.17) is 9.47 Å². The van der Waals surface area contributed by atoms with Gasteiger partial charge in [-0.3, -0.25) is 4.79 Å². The minimum Gasteiger partial charge on any atom is -0.467 e.